The second kappa shape index (κ2) is 11.7. The molecule has 0 aromatic carbocycles. The number of hydrogen-bond donors (Lipinski definition) is 0. The Morgan fingerprint density at radius 2 is 1.55 bits per heavy atom. The molecule has 0 spiro atoms. The van der Waals surface area contributed by atoms with E-state index in [2.05, 4.69) is 32.9 Å². The highest BCUT2D eigenvalue weighted by atomic mass is 32.2. The standard InChI is InChI=1S/C31H53OS/c1-4-5-6-7-8-9-10-11-12-13-14-15-16-17-22-33-27-19-18-25(23-27)29(33)31-21-20-26(24-28(31)32)30(31,2)3/h16-17,25-27,29H,4-15,18-24H2,1-3H3/q+1/b17-16+/t25?,26-,27?,29?,31+,33?/m1/s1. The zero-order valence-electron chi connectivity index (χ0n) is 22.2. The lowest BCUT2D eigenvalue weighted by Crippen LogP contribution is -2.53. The number of hydrogen-bond acceptors (Lipinski definition) is 1. The van der Waals surface area contributed by atoms with Crippen LogP contribution < -0.4 is 0 Å². The Bertz CT molecular complexity index is 666. The third-order valence-corrected chi connectivity index (χ3v) is 13.8. The molecule has 0 N–H and O–H groups in total. The second-order valence-corrected chi connectivity index (χ2v) is 15.1. The van der Waals surface area contributed by atoms with Crippen LogP contribution in [0.1, 0.15) is 136 Å². The Balaban J connectivity index is 1.16. The average Bonchev–Trinajstić information content (AvgIpc) is 3.51. The predicted octanol–water partition coefficient (Wildman–Crippen LogP) is 8.81. The molecule has 188 valence electrons. The van der Waals surface area contributed by atoms with Crippen molar-refractivity contribution in [2.45, 2.75) is 147 Å². The van der Waals surface area contributed by atoms with Crippen LogP contribution in [0.5, 0.6) is 0 Å². The minimum atomic E-state index is 0.0461. The van der Waals surface area contributed by atoms with Gasteiger partial charge in [-0.3, -0.25) is 4.79 Å². The predicted molar refractivity (Wildman–Crippen MR) is 146 cm³/mol. The van der Waals surface area contributed by atoms with E-state index in [9.17, 15) is 4.79 Å². The van der Waals surface area contributed by atoms with Crippen molar-refractivity contribution in [3.05, 3.63) is 12.2 Å². The summed E-state index contributed by atoms with van der Waals surface area (Å²) >= 11 is 0. The number of unbranched alkanes of at least 4 members (excludes halogenated alkanes) is 11. The maximum absolute atomic E-state index is 13.4. The van der Waals surface area contributed by atoms with Crippen LogP contribution >= 0.6 is 0 Å². The van der Waals surface area contributed by atoms with E-state index in [0.717, 1.165) is 22.8 Å². The number of carbonyl (C=O) groups is 1. The fraction of sp³-hybridized carbons (Fsp3) is 0.903. The third kappa shape index (κ3) is 5.17. The summed E-state index contributed by atoms with van der Waals surface area (Å²) in [5, 5.41) is 1.65. The van der Waals surface area contributed by atoms with E-state index in [4.69, 9.17) is 0 Å². The van der Waals surface area contributed by atoms with Crippen LogP contribution in [0.2, 0.25) is 0 Å². The number of ketones is 1. The lowest BCUT2D eigenvalue weighted by molar-refractivity contribution is -0.130. The molecule has 1 aliphatic heterocycles. The zero-order chi connectivity index (χ0) is 23.3. The van der Waals surface area contributed by atoms with E-state index in [1.807, 2.05) is 0 Å². The van der Waals surface area contributed by atoms with Gasteiger partial charge in [0, 0.05) is 18.8 Å². The van der Waals surface area contributed by atoms with Gasteiger partial charge in [0.05, 0.1) is 5.41 Å². The molecule has 4 bridgehead atoms. The Morgan fingerprint density at radius 1 is 0.879 bits per heavy atom. The SMILES string of the molecule is CCCCCCCCCCCCC/C=C/C[S+]1C2CCC(C2)C1[C@]12CC[C@H](CC1=O)C2(C)C. The minimum absolute atomic E-state index is 0.0461. The molecule has 0 aromatic heterocycles. The van der Waals surface area contributed by atoms with E-state index in [-0.39, 0.29) is 10.8 Å². The van der Waals surface area contributed by atoms with Crippen molar-refractivity contribution >= 4 is 16.7 Å². The van der Waals surface area contributed by atoms with Gasteiger partial charge in [0.1, 0.15) is 22.0 Å². The summed E-state index contributed by atoms with van der Waals surface area (Å²) in [6, 6.07) is 0. The lowest BCUT2D eigenvalue weighted by Gasteiger charge is -2.43. The summed E-state index contributed by atoms with van der Waals surface area (Å²) in [6.45, 7) is 7.23. The molecule has 2 heteroatoms. The quantitative estimate of drug-likeness (QED) is 0.132. The van der Waals surface area contributed by atoms with Crippen LogP contribution in [0.25, 0.3) is 0 Å². The molecular formula is C31H53OS+. The first-order valence-electron chi connectivity index (χ1n) is 14.9. The molecule has 1 saturated heterocycles. The van der Waals surface area contributed by atoms with Gasteiger partial charge in [0.25, 0.3) is 0 Å². The summed E-state index contributed by atoms with van der Waals surface area (Å²) < 4.78 is 0. The highest BCUT2D eigenvalue weighted by Gasteiger charge is 2.75. The van der Waals surface area contributed by atoms with Crippen molar-refractivity contribution in [1.29, 1.82) is 0 Å². The molecule has 4 fully saturated rings. The van der Waals surface area contributed by atoms with Crippen LogP contribution in [0.4, 0.5) is 0 Å². The van der Waals surface area contributed by atoms with Crippen molar-refractivity contribution in [2.24, 2.45) is 22.7 Å². The van der Waals surface area contributed by atoms with Gasteiger partial charge in [-0.05, 0) is 66.8 Å². The summed E-state index contributed by atoms with van der Waals surface area (Å²) in [4.78, 5) is 13.4. The maximum atomic E-state index is 13.4. The first-order chi connectivity index (χ1) is 16.0. The van der Waals surface area contributed by atoms with E-state index in [0.29, 0.717) is 22.6 Å². The zero-order valence-corrected chi connectivity index (χ0v) is 23.0. The highest BCUT2D eigenvalue weighted by Crippen LogP contribution is 2.70. The molecule has 6 atom stereocenters. The van der Waals surface area contributed by atoms with Crippen LogP contribution in [-0.2, 0) is 15.7 Å². The number of fused-ring (bicyclic) bond motifs is 4. The van der Waals surface area contributed by atoms with E-state index in [1.165, 1.54) is 115 Å². The van der Waals surface area contributed by atoms with Gasteiger partial charge in [-0.25, -0.2) is 0 Å². The first-order valence-corrected chi connectivity index (χ1v) is 16.4. The van der Waals surface area contributed by atoms with Gasteiger partial charge in [-0.2, -0.15) is 0 Å². The summed E-state index contributed by atoms with van der Waals surface area (Å²) in [5.74, 6) is 3.48. The molecular weight excluding hydrogens is 420 g/mol. The number of carbonyl (C=O) groups excluding carboxylic acids is 1. The van der Waals surface area contributed by atoms with Crippen LogP contribution in [0.15, 0.2) is 12.2 Å². The van der Waals surface area contributed by atoms with Crippen molar-refractivity contribution in [3.63, 3.8) is 0 Å². The normalized spacial score (nSPS) is 36.6. The average molecular weight is 474 g/mol. The highest BCUT2D eigenvalue weighted by molar-refractivity contribution is 7.98. The summed E-state index contributed by atoms with van der Waals surface area (Å²) in [7, 11) is 0.453. The molecule has 4 aliphatic rings. The van der Waals surface area contributed by atoms with Crippen molar-refractivity contribution in [3.8, 4) is 0 Å². The smallest absolute Gasteiger partial charge is 0.144 e. The van der Waals surface area contributed by atoms with E-state index in [1.54, 1.807) is 0 Å². The Morgan fingerprint density at radius 3 is 2.15 bits per heavy atom. The molecule has 4 unspecified atom stereocenters. The number of allylic oxidation sites excluding steroid dienone is 1. The summed E-state index contributed by atoms with van der Waals surface area (Å²) in [6.07, 6.45) is 29.7. The Kier molecular flexibility index (Phi) is 9.13. The minimum Gasteiger partial charge on any atom is -0.299 e. The van der Waals surface area contributed by atoms with Gasteiger partial charge in [-0.1, -0.05) is 91.1 Å². The van der Waals surface area contributed by atoms with Crippen molar-refractivity contribution < 1.29 is 4.79 Å². The Labute approximate surface area is 208 Å². The van der Waals surface area contributed by atoms with Crippen LogP contribution in [0.3, 0.4) is 0 Å². The first kappa shape index (κ1) is 25.8. The number of rotatable bonds is 15. The van der Waals surface area contributed by atoms with Crippen LogP contribution in [-0.4, -0.2) is 22.0 Å². The van der Waals surface area contributed by atoms with Crippen LogP contribution in [0, 0.1) is 22.7 Å². The molecule has 3 saturated carbocycles. The molecule has 1 nitrogen and oxygen atoms in total. The fourth-order valence-electron chi connectivity index (χ4n) is 8.48. The topological polar surface area (TPSA) is 17.1 Å². The molecule has 0 radical (unpaired) electrons. The molecule has 4 rings (SSSR count). The number of Topliss-reactive ketones (excluding diaryl/α,β-unsaturated/α-hetero) is 1. The van der Waals surface area contributed by atoms with E-state index < -0.39 is 0 Å². The molecule has 3 aliphatic carbocycles. The van der Waals surface area contributed by atoms with Gasteiger partial charge >= 0.3 is 0 Å². The van der Waals surface area contributed by atoms with Crippen molar-refractivity contribution in [1.82, 2.24) is 0 Å². The van der Waals surface area contributed by atoms with Gasteiger partial charge < -0.3 is 0 Å². The van der Waals surface area contributed by atoms with Gasteiger partial charge in [0.2, 0.25) is 0 Å². The maximum Gasteiger partial charge on any atom is 0.144 e. The molecule has 33 heavy (non-hydrogen) atoms. The molecule has 0 aromatic rings. The molecule has 1 heterocycles. The monoisotopic (exact) mass is 473 g/mol. The second-order valence-electron chi connectivity index (χ2n) is 12.6. The third-order valence-electron chi connectivity index (χ3n) is 10.5. The lowest BCUT2D eigenvalue weighted by atomic mass is 9.64. The fourth-order valence-corrected chi connectivity index (χ4v) is 12.5. The van der Waals surface area contributed by atoms with Gasteiger partial charge in [-0.15, -0.1) is 0 Å². The molecule has 0 amide bonds. The largest absolute Gasteiger partial charge is 0.299 e. The van der Waals surface area contributed by atoms with Crippen molar-refractivity contribution in [2.75, 3.05) is 5.75 Å². The Hall–Kier alpha value is -0.240. The van der Waals surface area contributed by atoms with Gasteiger partial charge in [0.15, 0.2) is 0 Å². The van der Waals surface area contributed by atoms with E-state index >= 15 is 0 Å². The summed E-state index contributed by atoms with van der Waals surface area (Å²) in [5.41, 5.74) is 0.300.